The largest absolute Gasteiger partial charge is 0.391 e. The summed E-state index contributed by atoms with van der Waals surface area (Å²) in [4.78, 5) is 29.1. The molecular formula is C31H33N3O4. The molecule has 7 nitrogen and oxygen atoms in total. The van der Waals surface area contributed by atoms with Crippen LogP contribution in [0.25, 0.3) is 0 Å². The Hall–Kier alpha value is -3.96. The summed E-state index contributed by atoms with van der Waals surface area (Å²) in [6.45, 7) is 5.66. The zero-order valence-electron chi connectivity index (χ0n) is 21.5. The van der Waals surface area contributed by atoms with Gasteiger partial charge >= 0.3 is 0 Å². The fourth-order valence-electron chi connectivity index (χ4n) is 4.40. The number of benzene rings is 3. The molecule has 0 aromatic heterocycles. The number of anilines is 1. The predicted molar refractivity (Wildman–Crippen MR) is 148 cm³/mol. The minimum absolute atomic E-state index is 0.334. The van der Waals surface area contributed by atoms with E-state index in [4.69, 9.17) is 5.11 Å². The average molecular weight is 512 g/mol. The van der Waals surface area contributed by atoms with E-state index in [2.05, 4.69) is 63.4 Å². The first kappa shape index (κ1) is 27.1. The van der Waals surface area contributed by atoms with E-state index in [1.807, 2.05) is 18.2 Å². The molecule has 7 heteroatoms. The van der Waals surface area contributed by atoms with Crippen LogP contribution in [0.1, 0.15) is 34.0 Å². The maximum Gasteiger partial charge on any atom is 0.251 e. The summed E-state index contributed by atoms with van der Waals surface area (Å²) in [5.41, 5.74) is 4.54. The van der Waals surface area contributed by atoms with E-state index < -0.39 is 30.4 Å². The van der Waals surface area contributed by atoms with Gasteiger partial charge in [-0.3, -0.25) is 14.5 Å². The van der Waals surface area contributed by atoms with E-state index in [0.717, 1.165) is 43.9 Å². The second kappa shape index (κ2) is 13.0. The molecule has 1 aliphatic heterocycles. The molecule has 1 amide bonds. The molecule has 1 aliphatic rings. The smallest absolute Gasteiger partial charge is 0.251 e. The van der Waals surface area contributed by atoms with Crippen LogP contribution in [0.3, 0.4) is 0 Å². The highest BCUT2D eigenvalue weighted by Crippen LogP contribution is 2.17. The van der Waals surface area contributed by atoms with Gasteiger partial charge in [0.15, 0.2) is 5.78 Å². The molecule has 1 saturated heterocycles. The van der Waals surface area contributed by atoms with Crippen LogP contribution >= 0.6 is 0 Å². The van der Waals surface area contributed by atoms with E-state index in [1.165, 1.54) is 18.2 Å². The maximum absolute atomic E-state index is 12.4. The first-order chi connectivity index (χ1) is 18.4. The van der Waals surface area contributed by atoms with Gasteiger partial charge in [-0.25, -0.2) is 0 Å². The molecule has 196 valence electrons. The number of Topliss-reactive ketones (excluding diaryl/α,β-unsaturated/α-hetero) is 1. The number of ketones is 1. The van der Waals surface area contributed by atoms with Gasteiger partial charge in [-0.05, 0) is 61.0 Å². The minimum Gasteiger partial charge on any atom is -0.391 e. The van der Waals surface area contributed by atoms with Gasteiger partial charge in [0.1, 0.15) is 12.6 Å². The van der Waals surface area contributed by atoms with Crippen LogP contribution in [0.5, 0.6) is 0 Å². The molecule has 3 aromatic rings. The fraction of sp³-hybridized carbons (Fsp3) is 0.290. The lowest BCUT2D eigenvalue weighted by Gasteiger charge is -2.36. The molecule has 1 heterocycles. The van der Waals surface area contributed by atoms with E-state index in [0.29, 0.717) is 5.56 Å². The van der Waals surface area contributed by atoms with Crippen LogP contribution in [0.15, 0.2) is 78.9 Å². The number of nitrogens with one attached hydrogen (secondary N) is 1. The number of para-hydroxylation sites is 1. The van der Waals surface area contributed by atoms with Gasteiger partial charge in [-0.1, -0.05) is 42.2 Å². The SMILES string of the molecule is C[C@@H](O)[C@H](NC(=O)c1ccc(C#Cc2ccc(CN3CCN(c4ccccc4)CC3)cc2)cc1)C(=O)CO. The van der Waals surface area contributed by atoms with Crippen molar-refractivity contribution in [2.24, 2.45) is 0 Å². The standard InChI is InChI=1S/C31H33N3O4/c1-23(36)30(29(37)22-35)32-31(38)27-15-13-25(14-16-27)8-7-24-9-11-26(12-10-24)21-33-17-19-34(20-18-33)28-5-3-2-4-6-28/h2-6,9-16,23,30,35-36H,17-22H2,1H3,(H,32,38)/t23-,30+/m1/s1. The highest BCUT2D eigenvalue weighted by molar-refractivity contribution is 5.98. The number of aliphatic hydroxyl groups excluding tert-OH is 2. The predicted octanol–water partition coefficient (Wildman–Crippen LogP) is 2.45. The maximum atomic E-state index is 12.4. The lowest BCUT2D eigenvalue weighted by molar-refractivity contribution is -0.125. The van der Waals surface area contributed by atoms with Crippen molar-refractivity contribution in [2.75, 3.05) is 37.7 Å². The monoisotopic (exact) mass is 511 g/mol. The van der Waals surface area contributed by atoms with Crippen molar-refractivity contribution >= 4 is 17.4 Å². The first-order valence-corrected chi connectivity index (χ1v) is 12.8. The summed E-state index contributed by atoms with van der Waals surface area (Å²) < 4.78 is 0. The van der Waals surface area contributed by atoms with Gasteiger partial charge in [0.25, 0.3) is 5.91 Å². The number of amides is 1. The average Bonchev–Trinajstić information content (AvgIpc) is 2.96. The van der Waals surface area contributed by atoms with Crippen LogP contribution in [0, 0.1) is 11.8 Å². The topological polar surface area (TPSA) is 93.1 Å². The van der Waals surface area contributed by atoms with Gasteiger partial charge in [0.2, 0.25) is 0 Å². The van der Waals surface area contributed by atoms with Crippen molar-refractivity contribution in [3.8, 4) is 11.8 Å². The van der Waals surface area contributed by atoms with E-state index >= 15 is 0 Å². The Bertz CT molecular complexity index is 1270. The fourth-order valence-corrected chi connectivity index (χ4v) is 4.40. The summed E-state index contributed by atoms with van der Waals surface area (Å²) in [6, 6.07) is 24.4. The Labute approximate surface area is 223 Å². The van der Waals surface area contributed by atoms with Crippen molar-refractivity contribution in [3.05, 3.63) is 101 Å². The van der Waals surface area contributed by atoms with Crippen molar-refractivity contribution < 1.29 is 19.8 Å². The van der Waals surface area contributed by atoms with Gasteiger partial charge in [0, 0.05) is 55.1 Å². The molecule has 1 fully saturated rings. The summed E-state index contributed by atoms with van der Waals surface area (Å²) in [6.07, 6.45) is -1.11. The molecule has 38 heavy (non-hydrogen) atoms. The van der Waals surface area contributed by atoms with Crippen LogP contribution in [-0.2, 0) is 11.3 Å². The third kappa shape index (κ3) is 7.30. The van der Waals surface area contributed by atoms with Crippen molar-refractivity contribution in [2.45, 2.75) is 25.6 Å². The lowest BCUT2D eigenvalue weighted by Crippen LogP contribution is -2.48. The molecule has 2 atom stereocenters. The molecule has 4 rings (SSSR count). The van der Waals surface area contributed by atoms with Crippen molar-refractivity contribution in [3.63, 3.8) is 0 Å². The van der Waals surface area contributed by atoms with Gasteiger partial charge in [0.05, 0.1) is 6.10 Å². The van der Waals surface area contributed by atoms with Crippen LogP contribution < -0.4 is 10.2 Å². The molecule has 0 saturated carbocycles. The third-order valence-electron chi connectivity index (χ3n) is 6.62. The van der Waals surface area contributed by atoms with Crippen LogP contribution in [-0.4, -0.2) is 71.7 Å². The Kier molecular flexibility index (Phi) is 9.28. The molecule has 3 N–H and O–H groups in total. The third-order valence-corrected chi connectivity index (χ3v) is 6.62. The number of carbonyl (C=O) groups excluding carboxylic acids is 2. The van der Waals surface area contributed by atoms with Crippen molar-refractivity contribution in [1.82, 2.24) is 10.2 Å². The number of carbonyl (C=O) groups is 2. The molecular weight excluding hydrogens is 478 g/mol. The zero-order chi connectivity index (χ0) is 26.9. The molecule has 0 bridgehead atoms. The Balaban J connectivity index is 1.28. The van der Waals surface area contributed by atoms with E-state index in [-0.39, 0.29) is 0 Å². The normalized spacial score (nSPS) is 15.2. The van der Waals surface area contributed by atoms with Gasteiger partial charge in [-0.15, -0.1) is 0 Å². The number of hydrogen-bond donors (Lipinski definition) is 3. The lowest BCUT2D eigenvalue weighted by atomic mass is 10.1. The number of nitrogens with zero attached hydrogens (tertiary/aromatic N) is 2. The quantitative estimate of drug-likeness (QED) is 0.403. The van der Waals surface area contributed by atoms with Gasteiger partial charge < -0.3 is 20.4 Å². The van der Waals surface area contributed by atoms with E-state index in [1.54, 1.807) is 24.3 Å². The van der Waals surface area contributed by atoms with Crippen LogP contribution in [0.4, 0.5) is 5.69 Å². The number of hydrogen-bond acceptors (Lipinski definition) is 6. The molecule has 0 radical (unpaired) electrons. The highest BCUT2D eigenvalue weighted by Gasteiger charge is 2.25. The molecule has 0 spiro atoms. The van der Waals surface area contributed by atoms with Gasteiger partial charge in [-0.2, -0.15) is 0 Å². The molecule has 0 aliphatic carbocycles. The second-order valence-corrected chi connectivity index (χ2v) is 9.44. The Morgan fingerprint density at radius 2 is 1.45 bits per heavy atom. The zero-order valence-corrected chi connectivity index (χ0v) is 21.5. The van der Waals surface area contributed by atoms with Crippen molar-refractivity contribution in [1.29, 1.82) is 0 Å². The number of rotatable bonds is 8. The minimum atomic E-state index is -1.16. The summed E-state index contributed by atoms with van der Waals surface area (Å²) in [7, 11) is 0. The first-order valence-electron chi connectivity index (χ1n) is 12.8. The second-order valence-electron chi connectivity index (χ2n) is 9.44. The van der Waals surface area contributed by atoms with E-state index in [9.17, 15) is 14.7 Å². The van der Waals surface area contributed by atoms with Crippen LogP contribution in [0.2, 0.25) is 0 Å². The summed E-state index contributed by atoms with van der Waals surface area (Å²) in [5, 5.41) is 21.2. The molecule has 0 unspecified atom stereocenters. The number of piperazine rings is 1. The Morgan fingerprint density at radius 1 is 0.868 bits per heavy atom. The summed E-state index contributed by atoms with van der Waals surface area (Å²) in [5.74, 6) is 5.12. The molecule has 3 aromatic carbocycles. The Morgan fingerprint density at radius 3 is 2.00 bits per heavy atom. The number of aliphatic hydroxyl groups is 2. The summed E-state index contributed by atoms with van der Waals surface area (Å²) >= 11 is 0. The highest BCUT2D eigenvalue weighted by atomic mass is 16.3.